The van der Waals surface area contributed by atoms with Crippen molar-refractivity contribution < 1.29 is 9.42 Å². The summed E-state index contributed by atoms with van der Waals surface area (Å²) in [4.78, 5) is 9.83. The van der Waals surface area contributed by atoms with Gasteiger partial charge in [-0.2, -0.15) is 0 Å². The Hall–Kier alpha value is 0.140. The lowest BCUT2D eigenvalue weighted by atomic mass is 10.2. The fraction of sp³-hybridized carbons (Fsp3) is 0.455. The SMILES string of the molecule is CCCOP(O)(=S)SCc1ccc(C)cc1. The minimum Gasteiger partial charge on any atom is -0.337 e. The summed E-state index contributed by atoms with van der Waals surface area (Å²) in [5, 5.41) is 0. The van der Waals surface area contributed by atoms with Gasteiger partial charge in [0, 0.05) is 5.75 Å². The van der Waals surface area contributed by atoms with E-state index in [0.29, 0.717) is 12.4 Å². The van der Waals surface area contributed by atoms with Crippen LogP contribution in [0.2, 0.25) is 0 Å². The van der Waals surface area contributed by atoms with Gasteiger partial charge in [-0.1, -0.05) is 48.1 Å². The summed E-state index contributed by atoms with van der Waals surface area (Å²) in [6.45, 7) is 4.59. The van der Waals surface area contributed by atoms with Crippen LogP contribution in [-0.2, 0) is 22.1 Å². The van der Waals surface area contributed by atoms with Crippen LogP contribution in [0, 0.1) is 6.92 Å². The first-order valence-electron chi connectivity index (χ1n) is 5.21. The van der Waals surface area contributed by atoms with Gasteiger partial charge in [0.15, 0.2) is 0 Å². The van der Waals surface area contributed by atoms with Crippen molar-refractivity contribution in [3.8, 4) is 0 Å². The molecule has 0 fully saturated rings. The van der Waals surface area contributed by atoms with Crippen molar-refractivity contribution in [3.63, 3.8) is 0 Å². The Morgan fingerprint density at radius 2 is 2.00 bits per heavy atom. The topological polar surface area (TPSA) is 29.5 Å². The first-order valence-corrected chi connectivity index (χ1v) is 9.47. The number of hydrogen-bond acceptors (Lipinski definition) is 3. The van der Waals surface area contributed by atoms with Gasteiger partial charge >= 0.3 is 0 Å². The molecule has 0 bridgehead atoms. The van der Waals surface area contributed by atoms with E-state index in [9.17, 15) is 4.89 Å². The van der Waals surface area contributed by atoms with Gasteiger partial charge in [0.1, 0.15) is 0 Å². The zero-order valence-electron chi connectivity index (χ0n) is 9.55. The standard InChI is InChI=1S/C11H17O2PS2/c1-3-8-13-14(12,15)16-9-11-6-4-10(2)5-7-11/h4-7H,3,8-9H2,1-2H3,(H,12,15). The second kappa shape index (κ2) is 6.77. The summed E-state index contributed by atoms with van der Waals surface area (Å²) in [5.74, 6) is 0.706. The van der Waals surface area contributed by atoms with Crippen molar-refractivity contribution >= 4 is 28.9 Å². The summed E-state index contributed by atoms with van der Waals surface area (Å²) < 4.78 is 5.27. The van der Waals surface area contributed by atoms with E-state index >= 15 is 0 Å². The molecule has 0 aliphatic rings. The molecule has 0 saturated heterocycles. The molecule has 1 atom stereocenters. The number of rotatable bonds is 6. The van der Waals surface area contributed by atoms with Gasteiger partial charge in [-0.3, -0.25) is 0 Å². The van der Waals surface area contributed by atoms with E-state index in [1.165, 1.54) is 22.5 Å². The van der Waals surface area contributed by atoms with Crippen molar-refractivity contribution in [2.75, 3.05) is 6.61 Å². The van der Waals surface area contributed by atoms with Crippen molar-refractivity contribution in [2.45, 2.75) is 26.0 Å². The number of hydrogen-bond donors (Lipinski definition) is 1. The second-order valence-corrected chi connectivity index (χ2v) is 9.74. The minimum absolute atomic E-state index is 0.536. The summed E-state index contributed by atoms with van der Waals surface area (Å²) in [6, 6.07) is 8.22. The maximum absolute atomic E-state index is 9.83. The molecule has 1 rings (SSSR count). The first-order chi connectivity index (χ1) is 7.53. The highest BCUT2D eigenvalue weighted by atomic mass is 32.9. The third-order valence-electron chi connectivity index (χ3n) is 1.97. The van der Waals surface area contributed by atoms with E-state index in [1.54, 1.807) is 0 Å². The normalized spacial score (nSPS) is 14.7. The van der Waals surface area contributed by atoms with Crippen molar-refractivity contribution in [3.05, 3.63) is 35.4 Å². The first kappa shape index (κ1) is 14.2. The van der Waals surface area contributed by atoms with E-state index in [-0.39, 0.29) is 0 Å². The predicted molar refractivity (Wildman–Crippen MR) is 75.2 cm³/mol. The molecule has 0 aromatic heterocycles. The van der Waals surface area contributed by atoms with E-state index < -0.39 is 5.69 Å². The molecule has 2 nitrogen and oxygen atoms in total. The van der Waals surface area contributed by atoms with Gasteiger partial charge < -0.3 is 9.42 Å². The quantitative estimate of drug-likeness (QED) is 0.799. The molecule has 5 heteroatoms. The molecule has 0 radical (unpaired) electrons. The Balaban J connectivity index is 2.44. The zero-order valence-corrected chi connectivity index (χ0v) is 12.1. The van der Waals surface area contributed by atoms with E-state index in [0.717, 1.165) is 6.42 Å². The zero-order chi connectivity index (χ0) is 12.0. The van der Waals surface area contributed by atoms with Gasteiger partial charge in [0.05, 0.1) is 6.61 Å². The van der Waals surface area contributed by atoms with Crippen molar-refractivity contribution in [1.82, 2.24) is 0 Å². The largest absolute Gasteiger partial charge is 0.337 e. The molecule has 0 spiro atoms. The highest BCUT2D eigenvalue weighted by Gasteiger charge is 2.13. The monoisotopic (exact) mass is 276 g/mol. The Morgan fingerprint density at radius 1 is 1.38 bits per heavy atom. The third-order valence-corrected chi connectivity index (χ3v) is 6.22. The lowest BCUT2D eigenvalue weighted by molar-refractivity contribution is 0.320. The molecular weight excluding hydrogens is 259 g/mol. The maximum Gasteiger partial charge on any atom is 0.245 e. The molecule has 0 aliphatic carbocycles. The lowest BCUT2D eigenvalue weighted by Gasteiger charge is -2.14. The average Bonchev–Trinajstić information content (AvgIpc) is 2.26. The van der Waals surface area contributed by atoms with Crippen LogP contribution in [0.25, 0.3) is 0 Å². The highest BCUT2D eigenvalue weighted by Crippen LogP contribution is 2.57. The molecule has 1 unspecified atom stereocenters. The Bertz CT molecular complexity index is 365. The summed E-state index contributed by atoms with van der Waals surface area (Å²) in [6.07, 6.45) is 0.879. The average molecular weight is 276 g/mol. The number of aryl methyl sites for hydroxylation is 1. The van der Waals surface area contributed by atoms with Gasteiger partial charge in [-0.05, 0) is 30.7 Å². The molecular formula is C11H17O2PS2. The second-order valence-electron chi connectivity index (χ2n) is 3.56. The predicted octanol–water partition coefficient (Wildman–Crippen LogP) is 3.87. The number of benzene rings is 1. The Morgan fingerprint density at radius 3 is 2.56 bits per heavy atom. The van der Waals surface area contributed by atoms with Crippen LogP contribution < -0.4 is 0 Å². The van der Waals surface area contributed by atoms with Gasteiger partial charge in [0.25, 0.3) is 0 Å². The van der Waals surface area contributed by atoms with Crippen LogP contribution in [0.1, 0.15) is 24.5 Å². The molecule has 16 heavy (non-hydrogen) atoms. The summed E-state index contributed by atoms with van der Waals surface area (Å²) >= 11 is 6.38. The lowest BCUT2D eigenvalue weighted by Crippen LogP contribution is -1.89. The van der Waals surface area contributed by atoms with Crippen molar-refractivity contribution in [2.24, 2.45) is 0 Å². The molecule has 0 amide bonds. The molecule has 0 heterocycles. The summed E-state index contributed by atoms with van der Waals surface area (Å²) in [7, 11) is 0. The third kappa shape index (κ3) is 5.46. The van der Waals surface area contributed by atoms with Gasteiger partial charge in [-0.25, -0.2) is 0 Å². The molecule has 1 aromatic rings. The summed E-state index contributed by atoms with van der Waals surface area (Å²) in [5.41, 5.74) is -0.235. The molecule has 1 aromatic carbocycles. The molecule has 0 saturated carbocycles. The van der Waals surface area contributed by atoms with Crippen LogP contribution in [-0.4, -0.2) is 11.5 Å². The fourth-order valence-corrected chi connectivity index (χ4v) is 4.16. The molecule has 0 aliphatic heterocycles. The van der Waals surface area contributed by atoms with E-state index in [1.807, 2.05) is 6.92 Å². The van der Waals surface area contributed by atoms with E-state index in [2.05, 4.69) is 31.2 Å². The minimum atomic E-state index is -2.64. The fourth-order valence-electron chi connectivity index (χ4n) is 1.08. The van der Waals surface area contributed by atoms with Crippen LogP contribution in [0.3, 0.4) is 0 Å². The van der Waals surface area contributed by atoms with Crippen molar-refractivity contribution in [1.29, 1.82) is 0 Å². The Labute approximate surface area is 106 Å². The van der Waals surface area contributed by atoms with Crippen LogP contribution in [0.5, 0.6) is 0 Å². The van der Waals surface area contributed by atoms with Crippen LogP contribution in [0.15, 0.2) is 24.3 Å². The van der Waals surface area contributed by atoms with Crippen LogP contribution >= 0.6 is 17.1 Å². The van der Waals surface area contributed by atoms with E-state index in [4.69, 9.17) is 16.3 Å². The molecule has 90 valence electrons. The van der Waals surface area contributed by atoms with Gasteiger partial charge in [0.2, 0.25) is 5.69 Å². The smallest absolute Gasteiger partial charge is 0.245 e. The highest BCUT2D eigenvalue weighted by molar-refractivity contribution is 8.67. The Kier molecular flexibility index (Phi) is 6.01. The maximum atomic E-state index is 9.83. The van der Waals surface area contributed by atoms with Gasteiger partial charge in [-0.15, -0.1) is 0 Å². The molecule has 1 N–H and O–H groups in total. The van der Waals surface area contributed by atoms with Crippen LogP contribution in [0.4, 0.5) is 0 Å².